The smallest absolute Gasteiger partial charge is 0.258 e. The molecule has 0 radical (unpaired) electrons. The van der Waals surface area contributed by atoms with Gasteiger partial charge in [-0.25, -0.2) is 0 Å². The maximum atomic E-state index is 12.1. The maximum absolute atomic E-state index is 12.1. The zero-order chi connectivity index (χ0) is 12.6. The number of aromatic nitrogens is 1. The van der Waals surface area contributed by atoms with E-state index in [1.807, 2.05) is 26.0 Å². The second-order valence-electron chi connectivity index (χ2n) is 4.42. The van der Waals surface area contributed by atoms with Crippen LogP contribution in [-0.4, -0.2) is 4.57 Å². The molecule has 3 nitrogen and oxygen atoms in total. The Hall–Kier alpha value is -2.03. The van der Waals surface area contributed by atoms with Gasteiger partial charge in [0.2, 0.25) is 0 Å². The number of nitrogens with zero attached hydrogens (tertiary/aromatic N) is 1. The Morgan fingerprint density at radius 1 is 1.12 bits per heavy atom. The summed E-state index contributed by atoms with van der Waals surface area (Å²) < 4.78 is 1.52. The molecule has 88 valence electrons. The molecule has 1 heterocycles. The predicted molar refractivity (Wildman–Crippen MR) is 71.0 cm³/mol. The number of nitrogen functional groups attached to an aromatic ring is 1. The highest BCUT2D eigenvalue weighted by atomic mass is 16.1. The molecule has 2 rings (SSSR count). The fraction of sp³-hybridized carbons (Fsp3) is 0.214. The first-order valence-corrected chi connectivity index (χ1v) is 5.53. The van der Waals surface area contributed by atoms with Gasteiger partial charge in [0.05, 0.1) is 0 Å². The highest BCUT2D eigenvalue weighted by molar-refractivity contribution is 5.69. The third kappa shape index (κ3) is 2.09. The van der Waals surface area contributed by atoms with E-state index < -0.39 is 0 Å². The van der Waals surface area contributed by atoms with Crippen molar-refractivity contribution in [3.8, 4) is 11.1 Å². The number of pyridine rings is 1. The Labute approximate surface area is 101 Å². The molecule has 0 atom stereocenters. The fourth-order valence-electron chi connectivity index (χ4n) is 2.05. The molecular formula is C14H16N2O. The molecule has 3 heteroatoms. The Kier molecular flexibility index (Phi) is 2.76. The lowest BCUT2D eigenvalue weighted by molar-refractivity contribution is 0.865. The molecule has 1 aromatic carbocycles. The minimum absolute atomic E-state index is 0.0221. The highest BCUT2D eigenvalue weighted by Gasteiger charge is 2.08. The lowest BCUT2D eigenvalue weighted by Crippen LogP contribution is -2.18. The van der Waals surface area contributed by atoms with Gasteiger partial charge in [-0.15, -0.1) is 0 Å². The summed E-state index contributed by atoms with van der Waals surface area (Å²) in [7, 11) is 1.71. The van der Waals surface area contributed by atoms with E-state index >= 15 is 0 Å². The Balaban J connectivity index is 2.73. The average molecular weight is 228 g/mol. The van der Waals surface area contributed by atoms with Gasteiger partial charge in [-0.05, 0) is 31.0 Å². The van der Waals surface area contributed by atoms with Crippen LogP contribution in [0.2, 0.25) is 0 Å². The molecule has 17 heavy (non-hydrogen) atoms. The molecular weight excluding hydrogens is 212 g/mol. The number of anilines is 1. The van der Waals surface area contributed by atoms with Gasteiger partial charge in [0.1, 0.15) is 0 Å². The van der Waals surface area contributed by atoms with Crippen molar-refractivity contribution < 1.29 is 0 Å². The first kappa shape index (κ1) is 11.5. The number of benzene rings is 1. The van der Waals surface area contributed by atoms with Crippen molar-refractivity contribution in [2.45, 2.75) is 13.8 Å². The van der Waals surface area contributed by atoms with Crippen molar-refractivity contribution in [2.75, 3.05) is 5.73 Å². The quantitative estimate of drug-likeness (QED) is 0.813. The van der Waals surface area contributed by atoms with Crippen LogP contribution < -0.4 is 11.3 Å². The molecule has 0 aliphatic rings. The van der Waals surface area contributed by atoms with Crippen molar-refractivity contribution in [2.24, 2.45) is 7.05 Å². The molecule has 0 amide bonds. The molecule has 0 spiro atoms. The summed E-state index contributed by atoms with van der Waals surface area (Å²) in [6.07, 6.45) is 1.63. The highest BCUT2D eigenvalue weighted by Crippen LogP contribution is 2.22. The summed E-state index contributed by atoms with van der Waals surface area (Å²) in [5, 5.41) is 0. The third-order valence-corrected chi connectivity index (χ3v) is 2.88. The van der Waals surface area contributed by atoms with Gasteiger partial charge in [-0.1, -0.05) is 23.8 Å². The van der Waals surface area contributed by atoms with Gasteiger partial charge in [0, 0.05) is 24.5 Å². The van der Waals surface area contributed by atoms with E-state index in [1.54, 1.807) is 19.3 Å². The largest absolute Gasteiger partial charge is 0.398 e. The SMILES string of the molecule is Cc1ccc(-c2cc(N)cn(C)c2=O)c(C)c1. The van der Waals surface area contributed by atoms with Gasteiger partial charge >= 0.3 is 0 Å². The number of nitrogens with two attached hydrogens (primary N) is 1. The average Bonchev–Trinajstić information content (AvgIpc) is 2.24. The molecule has 0 aliphatic heterocycles. The van der Waals surface area contributed by atoms with Gasteiger partial charge in [0.15, 0.2) is 0 Å². The van der Waals surface area contributed by atoms with Crippen LogP contribution in [0.15, 0.2) is 35.3 Å². The molecule has 0 unspecified atom stereocenters. The van der Waals surface area contributed by atoms with Crippen LogP contribution >= 0.6 is 0 Å². The Morgan fingerprint density at radius 3 is 2.47 bits per heavy atom. The second-order valence-corrected chi connectivity index (χ2v) is 4.42. The lowest BCUT2D eigenvalue weighted by atomic mass is 9.99. The van der Waals surface area contributed by atoms with E-state index in [0.29, 0.717) is 11.3 Å². The van der Waals surface area contributed by atoms with Crippen LogP contribution in [0.1, 0.15) is 11.1 Å². The van der Waals surface area contributed by atoms with E-state index in [1.165, 1.54) is 10.1 Å². The first-order valence-electron chi connectivity index (χ1n) is 5.53. The summed E-state index contributed by atoms with van der Waals surface area (Å²) >= 11 is 0. The molecule has 0 fully saturated rings. The number of hydrogen-bond donors (Lipinski definition) is 1. The number of aryl methyl sites for hydroxylation is 3. The summed E-state index contributed by atoms with van der Waals surface area (Å²) in [6, 6.07) is 7.78. The van der Waals surface area contributed by atoms with Crippen LogP contribution in [0, 0.1) is 13.8 Å². The molecule has 2 N–H and O–H groups in total. The monoisotopic (exact) mass is 228 g/mol. The van der Waals surface area contributed by atoms with Gasteiger partial charge in [-0.3, -0.25) is 4.79 Å². The molecule has 0 saturated heterocycles. The van der Waals surface area contributed by atoms with Crippen LogP contribution in [0.3, 0.4) is 0 Å². The van der Waals surface area contributed by atoms with E-state index in [9.17, 15) is 4.79 Å². The van der Waals surface area contributed by atoms with Crippen LogP contribution in [0.4, 0.5) is 5.69 Å². The van der Waals surface area contributed by atoms with Gasteiger partial charge in [-0.2, -0.15) is 0 Å². The van der Waals surface area contributed by atoms with Gasteiger partial charge in [0.25, 0.3) is 5.56 Å². The number of hydrogen-bond acceptors (Lipinski definition) is 2. The maximum Gasteiger partial charge on any atom is 0.258 e. The Morgan fingerprint density at radius 2 is 1.82 bits per heavy atom. The summed E-state index contributed by atoms with van der Waals surface area (Å²) in [5.41, 5.74) is 10.2. The summed E-state index contributed by atoms with van der Waals surface area (Å²) in [6.45, 7) is 4.04. The first-order chi connectivity index (χ1) is 7.99. The summed E-state index contributed by atoms with van der Waals surface area (Å²) in [5.74, 6) is 0. The molecule has 0 saturated carbocycles. The van der Waals surface area contributed by atoms with E-state index in [-0.39, 0.29) is 5.56 Å². The third-order valence-electron chi connectivity index (χ3n) is 2.88. The van der Waals surface area contributed by atoms with E-state index in [0.717, 1.165) is 11.1 Å². The number of rotatable bonds is 1. The van der Waals surface area contributed by atoms with Crippen molar-refractivity contribution >= 4 is 5.69 Å². The van der Waals surface area contributed by atoms with Crippen molar-refractivity contribution in [3.05, 3.63) is 51.9 Å². The van der Waals surface area contributed by atoms with Crippen molar-refractivity contribution in [1.82, 2.24) is 4.57 Å². The van der Waals surface area contributed by atoms with Crippen LogP contribution in [-0.2, 0) is 7.05 Å². The predicted octanol–water partition coefficient (Wildman–Crippen LogP) is 2.25. The standard InChI is InChI=1S/C14H16N2O/c1-9-4-5-12(10(2)6-9)13-7-11(15)8-16(3)14(13)17/h4-8H,15H2,1-3H3. The van der Waals surface area contributed by atoms with Crippen molar-refractivity contribution in [3.63, 3.8) is 0 Å². The minimum Gasteiger partial charge on any atom is -0.398 e. The molecule has 2 aromatic rings. The van der Waals surface area contributed by atoms with Crippen molar-refractivity contribution in [1.29, 1.82) is 0 Å². The van der Waals surface area contributed by atoms with E-state index in [4.69, 9.17) is 5.73 Å². The fourth-order valence-corrected chi connectivity index (χ4v) is 2.05. The summed E-state index contributed by atoms with van der Waals surface area (Å²) in [4.78, 5) is 12.1. The zero-order valence-electron chi connectivity index (χ0n) is 10.3. The minimum atomic E-state index is -0.0221. The van der Waals surface area contributed by atoms with Gasteiger partial charge < -0.3 is 10.3 Å². The topological polar surface area (TPSA) is 48.0 Å². The van der Waals surface area contributed by atoms with E-state index in [2.05, 4.69) is 6.07 Å². The normalized spacial score (nSPS) is 10.5. The Bertz CT molecular complexity index is 627. The molecule has 0 bridgehead atoms. The zero-order valence-corrected chi connectivity index (χ0v) is 10.3. The van der Waals surface area contributed by atoms with Crippen LogP contribution in [0.25, 0.3) is 11.1 Å². The second kappa shape index (κ2) is 4.09. The molecule has 1 aromatic heterocycles. The molecule has 0 aliphatic carbocycles. The lowest BCUT2D eigenvalue weighted by Gasteiger charge is -2.09. The van der Waals surface area contributed by atoms with Crippen LogP contribution in [0.5, 0.6) is 0 Å².